The van der Waals surface area contributed by atoms with E-state index in [0.29, 0.717) is 31.6 Å². The minimum absolute atomic E-state index is 0.0646. The largest absolute Gasteiger partial charge is 0.419 e. The summed E-state index contributed by atoms with van der Waals surface area (Å²) >= 11 is 0. The molecule has 7 heteroatoms. The van der Waals surface area contributed by atoms with E-state index in [-0.39, 0.29) is 18.1 Å². The number of aliphatic hydroxyl groups is 1. The number of rotatable bonds is 2. The van der Waals surface area contributed by atoms with E-state index in [0.717, 1.165) is 12.5 Å². The summed E-state index contributed by atoms with van der Waals surface area (Å²) in [4.78, 5) is 13.6. The molecule has 3 nitrogen and oxygen atoms in total. The first-order valence-corrected chi connectivity index (χ1v) is 6.60. The fourth-order valence-corrected chi connectivity index (χ4v) is 2.46. The standard InChI is InChI=1S/C14H15F4NO2/c15-12-4-3-10(6-11(12)14(16,17)18)13(21)19-5-1-2-9(7-19)8-20/h3-4,6,9,20H,1-2,5,7-8H2. The number of carbonyl (C=O) groups excluding carboxylic acids is 1. The number of nitrogens with zero attached hydrogens (tertiary/aromatic N) is 1. The highest BCUT2D eigenvalue weighted by atomic mass is 19.4. The third kappa shape index (κ3) is 3.53. The maximum atomic E-state index is 13.2. The van der Waals surface area contributed by atoms with Gasteiger partial charge in [0.15, 0.2) is 0 Å². The molecule has 0 bridgehead atoms. The predicted octanol–water partition coefficient (Wildman–Crippen LogP) is 2.69. The Bertz CT molecular complexity index is 530. The SMILES string of the molecule is O=C(c1ccc(F)c(C(F)(F)F)c1)N1CCCC(CO)C1. The first-order chi connectivity index (χ1) is 9.82. The Kier molecular flexibility index (Phi) is 4.51. The van der Waals surface area contributed by atoms with Gasteiger partial charge in [-0.15, -0.1) is 0 Å². The zero-order valence-electron chi connectivity index (χ0n) is 11.2. The Labute approximate surface area is 119 Å². The normalized spacial score (nSPS) is 19.7. The Hall–Kier alpha value is -1.63. The molecule has 1 aliphatic rings. The van der Waals surface area contributed by atoms with Gasteiger partial charge in [0, 0.05) is 25.3 Å². The van der Waals surface area contributed by atoms with Crippen molar-refractivity contribution in [2.24, 2.45) is 5.92 Å². The molecule has 1 unspecified atom stereocenters. The summed E-state index contributed by atoms with van der Waals surface area (Å²) in [5.74, 6) is -2.03. The number of aliphatic hydroxyl groups excluding tert-OH is 1. The van der Waals surface area contributed by atoms with Crippen LogP contribution in [0.4, 0.5) is 17.6 Å². The smallest absolute Gasteiger partial charge is 0.396 e. The van der Waals surface area contributed by atoms with Crippen molar-refractivity contribution >= 4 is 5.91 Å². The second-order valence-corrected chi connectivity index (χ2v) is 5.13. The third-order valence-electron chi connectivity index (χ3n) is 3.58. The molecule has 1 N–H and O–H groups in total. The molecular weight excluding hydrogens is 290 g/mol. The Balaban J connectivity index is 2.23. The molecule has 0 aromatic heterocycles. The fraction of sp³-hybridized carbons (Fsp3) is 0.500. The van der Waals surface area contributed by atoms with Gasteiger partial charge in [-0.25, -0.2) is 4.39 Å². The van der Waals surface area contributed by atoms with Gasteiger partial charge >= 0.3 is 6.18 Å². The van der Waals surface area contributed by atoms with Gasteiger partial charge in [0.1, 0.15) is 5.82 Å². The van der Waals surface area contributed by atoms with Crippen molar-refractivity contribution in [3.63, 3.8) is 0 Å². The lowest BCUT2D eigenvalue weighted by Crippen LogP contribution is -2.41. The van der Waals surface area contributed by atoms with Crippen LogP contribution in [0.5, 0.6) is 0 Å². The van der Waals surface area contributed by atoms with Crippen LogP contribution in [-0.2, 0) is 6.18 Å². The van der Waals surface area contributed by atoms with Gasteiger partial charge < -0.3 is 10.0 Å². The van der Waals surface area contributed by atoms with Crippen LogP contribution in [0.1, 0.15) is 28.8 Å². The number of benzene rings is 1. The van der Waals surface area contributed by atoms with Gasteiger partial charge in [-0.05, 0) is 37.0 Å². The molecule has 21 heavy (non-hydrogen) atoms. The number of amides is 1. The quantitative estimate of drug-likeness (QED) is 0.854. The molecule has 0 spiro atoms. The summed E-state index contributed by atoms with van der Waals surface area (Å²) in [6, 6.07) is 2.25. The van der Waals surface area contributed by atoms with Gasteiger partial charge in [0.05, 0.1) is 5.56 Å². The number of carbonyl (C=O) groups is 1. The first-order valence-electron chi connectivity index (χ1n) is 6.60. The van der Waals surface area contributed by atoms with E-state index in [9.17, 15) is 22.4 Å². The van der Waals surface area contributed by atoms with Crippen LogP contribution in [0.15, 0.2) is 18.2 Å². The van der Waals surface area contributed by atoms with E-state index in [4.69, 9.17) is 5.11 Å². The van der Waals surface area contributed by atoms with E-state index in [1.54, 1.807) is 0 Å². The van der Waals surface area contributed by atoms with E-state index >= 15 is 0 Å². The van der Waals surface area contributed by atoms with Gasteiger partial charge in [0.25, 0.3) is 5.91 Å². The van der Waals surface area contributed by atoms with Crippen molar-refractivity contribution in [3.8, 4) is 0 Å². The van der Waals surface area contributed by atoms with Crippen LogP contribution >= 0.6 is 0 Å². The van der Waals surface area contributed by atoms with E-state index in [1.807, 2.05) is 0 Å². The predicted molar refractivity (Wildman–Crippen MR) is 67.1 cm³/mol. The second kappa shape index (κ2) is 6.01. The van der Waals surface area contributed by atoms with Gasteiger partial charge in [-0.2, -0.15) is 13.2 Å². The van der Waals surface area contributed by atoms with Crippen molar-refractivity contribution < 1.29 is 27.5 Å². The average Bonchev–Trinajstić information content (AvgIpc) is 2.46. The molecule has 1 fully saturated rings. The summed E-state index contributed by atoms with van der Waals surface area (Å²) in [5.41, 5.74) is -1.63. The molecular formula is C14H15F4NO2. The van der Waals surface area contributed by atoms with Crippen molar-refractivity contribution in [1.82, 2.24) is 4.90 Å². The molecule has 1 heterocycles. The summed E-state index contributed by atoms with van der Waals surface area (Å²) in [7, 11) is 0. The molecule has 1 saturated heterocycles. The lowest BCUT2D eigenvalue weighted by atomic mass is 9.98. The Morgan fingerprint density at radius 1 is 1.38 bits per heavy atom. The summed E-state index contributed by atoms with van der Waals surface area (Å²) in [5, 5.41) is 9.11. The molecule has 2 rings (SSSR count). The van der Waals surface area contributed by atoms with Crippen molar-refractivity contribution in [3.05, 3.63) is 35.1 Å². The van der Waals surface area contributed by atoms with E-state index in [2.05, 4.69) is 0 Å². The number of hydrogen-bond acceptors (Lipinski definition) is 2. The topological polar surface area (TPSA) is 40.5 Å². The fourth-order valence-electron chi connectivity index (χ4n) is 2.46. The maximum Gasteiger partial charge on any atom is 0.419 e. The summed E-state index contributed by atoms with van der Waals surface area (Å²) < 4.78 is 51.2. The number of likely N-dealkylation sites (tertiary alicyclic amines) is 1. The second-order valence-electron chi connectivity index (χ2n) is 5.13. The van der Waals surface area contributed by atoms with Crippen molar-refractivity contribution in [1.29, 1.82) is 0 Å². The molecule has 1 aromatic carbocycles. The summed E-state index contributed by atoms with van der Waals surface area (Å²) in [6.07, 6.45) is -3.38. The van der Waals surface area contributed by atoms with E-state index < -0.39 is 23.5 Å². The Morgan fingerprint density at radius 2 is 2.10 bits per heavy atom. The Morgan fingerprint density at radius 3 is 2.71 bits per heavy atom. The molecule has 1 aromatic rings. The molecule has 0 radical (unpaired) electrons. The number of halogens is 4. The minimum Gasteiger partial charge on any atom is -0.396 e. The van der Waals surface area contributed by atoms with Crippen LogP contribution in [0, 0.1) is 11.7 Å². The van der Waals surface area contributed by atoms with Crippen LogP contribution < -0.4 is 0 Å². The average molecular weight is 305 g/mol. The molecule has 1 atom stereocenters. The van der Waals surface area contributed by atoms with Gasteiger partial charge in [-0.1, -0.05) is 0 Å². The third-order valence-corrected chi connectivity index (χ3v) is 3.58. The zero-order valence-corrected chi connectivity index (χ0v) is 11.2. The maximum absolute atomic E-state index is 13.2. The molecule has 0 saturated carbocycles. The monoisotopic (exact) mass is 305 g/mol. The number of hydrogen-bond donors (Lipinski definition) is 1. The van der Waals surface area contributed by atoms with E-state index in [1.165, 1.54) is 4.90 Å². The molecule has 0 aliphatic carbocycles. The minimum atomic E-state index is -4.84. The lowest BCUT2D eigenvalue weighted by Gasteiger charge is -2.32. The van der Waals surface area contributed by atoms with Gasteiger partial charge in [-0.3, -0.25) is 4.79 Å². The highest BCUT2D eigenvalue weighted by Crippen LogP contribution is 2.32. The number of piperidine rings is 1. The first kappa shape index (κ1) is 15.8. The van der Waals surface area contributed by atoms with Crippen LogP contribution in [0.2, 0.25) is 0 Å². The lowest BCUT2D eigenvalue weighted by molar-refractivity contribution is -0.140. The van der Waals surface area contributed by atoms with Crippen LogP contribution in [0.3, 0.4) is 0 Å². The van der Waals surface area contributed by atoms with Crippen molar-refractivity contribution in [2.75, 3.05) is 19.7 Å². The zero-order chi connectivity index (χ0) is 15.6. The summed E-state index contributed by atoms with van der Waals surface area (Å²) in [6.45, 7) is 0.656. The number of alkyl halides is 3. The highest BCUT2D eigenvalue weighted by molar-refractivity contribution is 5.94. The molecule has 116 valence electrons. The van der Waals surface area contributed by atoms with Crippen LogP contribution in [0.25, 0.3) is 0 Å². The van der Waals surface area contributed by atoms with Crippen molar-refractivity contribution in [2.45, 2.75) is 19.0 Å². The molecule has 1 amide bonds. The van der Waals surface area contributed by atoms with Crippen LogP contribution in [-0.4, -0.2) is 35.6 Å². The van der Waals surface area contributed by atoms with Gasteiger partial charge in [0.2, 0.25) is 0 Å². The molecule has 1 aliphatic heterocycles. The highest BCUT2D eigenvalue weighted by Gasteiger charge is 2.35.